The minimum atomic E-state index is -0.0388. The first kappa shape index (κ1) is 9.19. The molecule has 1 aromatic heterocycles. The normalized spacial score (nSPS) is 11.6. The first-order chi connectivity index (χ1) is 5.39. The fraction of sp³-hybridized carbons (Fsp3) is 0.500. The lowest BCUT2D eigenvalue weighted by molar-refractivity contribution is 0.545. The van der Waals surface area contributed by atoms with Crippen LogP contribution in [0.1, 0.15) is 26.6 Å². The molecular weight excluding hydrogens is 170 g/mol. The predicted molar refractivity (Wildman–Crippen MR) is 52.5 cm³/mol. The maximum Gasteiger partial charge on any atom is 0.131 e. The summed E-state index contributed by atoms with van der Waals surface area (Å²) in [6.45, 7) is 6.17. The molecule has 0 saturated heterocycles. The lowest BCUT2D eigenvalue weighted by Crippen LogP contribution is -2.16. The molecule has 0 bridgehead atoms. The fourth-order valence-corrected chi connectivity index (χ4v) is 1.05. The van der Waals surface area contributed by atoms with Crippen LogP contribution in [-0.2, 0) is 5.41 Å². The van der Waals surface area contributed by atoms with E-state index >= 15 is 0 Å². The number of hydrogen-bond acceptors (Lipinski definition) is 3. The molecule has 0 aliphatic heterocycles. The average molecular weight is 183 g/mol. The van der Waals surface area contributed by atoms with Gasteiger partial charge in [-0.3, -0.25) is 0 Å². The zero-order valence-corrected chi connectivity index (χ0v) is 8.33. The molecule has 0 spiro atoms. The summed E-state index contributed by atoms with van der Waals surface area (Å²) in [7, 11) is 0. The Hall–Kier alpha value is -0.900. The highest BCUT2D eigenvalue weighted by atomic mass is 32.1. The second kappa shape index (κ2) is 2.86. The van der Waals surface area contributed by atoms with Crippen molar-refractivity contribution in [3.8, 4) is 0 Å². The van der Waals surface area contributed by atoms with Gasteiger partial charge in [-0.15, -0.1) is 0 Å². The van der Waals surface area contributed by atoms with Crippen LogP contribution in [0.4, 0.5) is 5.82 Å². The number of nitrogens with two attached hydrogens (primary N) is 1. The van der Waals surface area contributed by atoms with Crippen molar-refractivity contribution in [2.24, 2.45) is 0 Å². The topological polar surface area (TPSA) is 54.7 Å². The maximum absolute atomic E-state index is 5.59. The Kier molecular flexibility index (Phi) is 2.19. The third kappa shape index (κ3) is 2.04. The molecule has 3 N–H and O–H groups in total. The summed E-state index contributed by atoms with van der Waals surface area (Å²) in [4.78, 5) is 7.17. The molecule has 12 heavy (non-hydrogen) atoms. The van der Waals surface area contributed by atoms with E-state index in [-0.39, 0.29) is 5.41 Å². The van der Waals surface area contributed by atoms with E-state index in [1.54, 1.807) is 6.07 Å². The molecule has 0 atom stereocenters. The number of H-pyrrole nitrogens is 1. The number of hydrogen-bond donors (Lipinski definition) is 2. The van der Waals surface area contributed by atoms with Gasteiger partial charge in [0, 0.05) is 11.5 Å². The first-order valence-electron chi connectivity index (χ1n) is 3.77. The van der Waals surface area contributed by atoms with Crippen molar-refractivity contribution in [2.45, 2.75) is 26.2 Å². The first-order valence-corrected chi connectivity index (χ1v) is 4.18. The van der Waals surface area contributed by atoms with E-state index in [2.05, 4.69) is 30.7 Å². The van der Waals surface area contributed by atoms with Crippen molar-refractivity contribution in [3.63, 3.8) is 0 Å². The van der Waals surface area contributed by atoms with Crippen molar-refractivity contribution in [1.82, 2.24) is 9.97 Å². The Morgan fingerprint density at radius 3 is 2.50 bits per heavy atom. The van der Waals surface area contributed by atoms with Crippen LogP contribution < -0.4 is 5.73 Å². The van der Waals surface area contributed by atoms with Gasteiger partial charge >= 0.3 is 0 Å². The molecular formula is C8H13N3S. The van der Waals surface area contributed by atoms with Crippen LogP contribution in [0.5, 0.6) is 0 Å². The van der Waals surface area contributed by atoms with E-state index in [1.807, 2.05) is 0 Å². The summed E-state index contributed by atoms with van der Waals surface area (Å²) in [6.07, 6.45) is 0. The van der Waals surface area contributed by atoms with Crippen molar-refractivity contribution in [2.75, 3.05) is 5.73 Å². The smallest absolute Gasteiger partial charge is 0.131 e. The standard InChI is InChI=1S/C8H13N3S/c1-8(2,3)7-10-5(9)4-6(12)11-7/h4H,1-3H3,(H3,9,10,11,12). The molecule has 0 fully saturated rings. The zero-order valence-electron chi connectivity index (χ0n) is 7.51. The molecule has 3 nitrogen and oxygen atoms in total. The third-order valence-corrected chi connectivity index (χ3v) is 1.68. The Morgan fingerprint density at radius 2 is 2.08 bits per heavy atom. The van der Waals surface area contributed by atoms with E-state index in [0.29, 0.717) is 10.5 Å². The third-order valence-electron chi connectivity index (χ3n) is 1.47. The van der Waals surface area contributed by atoms with Gasteiger partial charge in [-0.2, -0.15) is 0 Å². The van der Waals surface area contributed by atoms with Gasteiger partial charge < -0.3 is 10.7 Å². The van der Waals surface area contributed by atoms with Crippen molar-refractivity contribution in [3.05, 3.63) is 16.5 Å². The van der Waals surface area contributed by atoms with Gasteiger partial charge in [0.2, 0.25) is 0 Å². The van der Waals surface area contributed by atoms with Gasteiger partial charge in [0.1, 0.15) is 16.3 Å². The van der Waals surface area contributed by atoms with Crippen LogP contribution in [0.2, 0.25) is 0 Å². The van der Waals surface area contributed by atoms with E-state index in [1.165, 1.54) is 0 Å². The molecule has 0 saturated carbocycles. The van der Waals surface area contributed by atoms with Crippen LogP contribution in [0, 0.1) is 4.64 Å². The predicted octanol–water partition coefficient (Wildman–Crippen LogP) is 2.02. The largest absolute Gasteiger partial charge is 0.385 e. The minimum absolute atomic E-state index is 0.0388. The number of rotatable bonds is 0. The molecule has 0 aromatic carbocycles. The van der Waals surface area contributed by atoms with Crippen LogP contribution in [0.3, 0.4) is 0 Å². The number of anilines is 1. The number of aromatic amines is 1. The summed E-state index contributed by atoms with van der Waals surface area (Å²) in [5.41, 5.74) is 5.56. The van der Waals surface area contributed by atoms with Gasteiger partial charge in [-0.05, 0) is 0 Å². The number of nitrogen functional groups attached to an aromatic ring is 1. The molecule has 1 heterocycles. The Labute approximate surface area is 77.0 Å². The SMILES string of the molecule is CC(C)(C)c1nc(=S)cc(N)[nH]1. The quantitative estimate of drug-likeness (QED) is 0.605. The number of nitrogens with zero attached hydrogens (tertiary/aromatic N) is 1. The van der Waals surface area contributed by atoms with Gasteiger partial charge in [-0.1, -0.05) is 33.0 Å². The van der Waals surface area contributed by atoms with E-state index in [4.69, 9.17) is 18.0 Å². The summed E-state index contributed by atoms with van der Waals surface area (Å²) in [6, 6.07) is 1.64. The Morgan fingerprint density at radius 1 is 1.50 bits per heavy atom. The van der Waals surface area contributed by atoms with Gasteiger partial charge in [0.25, 0.3) is 0 Å². The zero-order chi connectivity index (χ0) is 9.35. The van der Waals surface area contributed by atoms with Gasteiger partial charge in [0.15, 0.2) is 0 Å². The minimum Gasteiger partial charge on any atom is -0.385 e. The molecule has 0 amide bonds. The number of aromatic nitrogens is 2. The second-order valence-electron chi connectivity index (χ2n) is 3.77. The molecule has 66 valence electrons. The van der Waals surface area contributed by atoms with Gasteiger partial charge in [-0.25, -0.2) is 4.98 Å². The van der Waals surface area contributed by atoms with Crippen molar-refractivity contribution < 1.29 is 0 Å². The van der Waals surface area contributed by atoms with Crippen LogP contribution >= 0.6 is 12.2 Å². The molecule has 1 aromatic rings. The molecule has 0 aliphatic carbocycles. The molecule has 0 aliphatic rings. The Balaban J connectivity index is 3.27. The molecule has 0 radical (unpaired) electrons. The molecule has 4 heteroatoms. The second-order valence-corrected chi connectivity index (χ2v) is 4.19. The summed E-state index contributed by atoms with van der Waals surface area (Å²) < 4.78 is 0.538. The van der Waals surface area contributed by atoms with E-state index in [0.717, 1.165) is 5.82 Å². The van der Waals surface area contributed by atoms with E-state index in [9.17, 15) is 0 Å². The lowest BCUT2D eigenvalue weighted by Gasteiger charge is -2.17. The number of nitrogens with one attached hydrogen (secondary N) is 1. The highest BCUT2D eigenvalue weighted by Gasteiger charge is 2.16. The summed E-state index contributed by atoms with van der Waals surface area (Å²) in [5.74, 6) is 1.40. The fourth-order valence-electron chi connectivity index (χ4n) is 0.831. The van der Waals surface area contributed by atoms with Crippen LogP contribution in [0.15, 0.2) is 6.07 Å². The maximum atomic E-state index is 5.59. The molecule has 0 unspecified atom stereocenters. The molecule has 1 rings (SSSR count). The summed E-state index contributed by atoms with van der Waals surface area (Å²) in [5, 5.41) is 0. The van der Waals surface area contributed by atoms with Gasteiger partial charge in [0.05, 0.1) is 0 Å². The summed E-state index contributed by atoms with van der Waals surface area (Å²) >= 11 is 4.94. The lowest BCUT2D eigenvalue weighted by atomic mass is 9.96. The van der Waals surface area contributed by atoms with Crippen molar-refractivity contribution >= 4 is 18.0 Å². The van der Waals surface area contributed by atoms with Crippen LogP contribution in [0.25, 0.3) is 0 Å². The van der Waals surface area contributed by atoms with Crippen LogP contribution in [-0.4, -0.2) is 9.97 Å². The van der Waals surface area contributed by atoms with E-state index < -0.39 is 0 Å². The highest BCUT2D eigenvalue weighted by Crippen LogP contribution is 2.18. The average Bonchev–Trinajstić information content (AvgIpc) is 1.82. The highest BCUT2D eigenvalue weighted by molar-refractivity contribution is 7.71. The van der Waals surface area contributed by atoms with Crippen molar-refractivity contribution in [1.29, 1.82) is 0 Å². The monoisotopic (exact) mass is 183 g/mol. The Bertz CT molecular complexity index is 335.